The molecule has 0 bridgehead atoms. The minimum Gasteiger partial charge on any atom is -0.495 e. The molecular formula is C18H23ClN2O3. The summed E-state index contributed by atoms with van der Waals surface area (Å²) in [6, 6.07) is 5.04. The van der Waals surface area contributed by atoms with Crippen molar-refractivity contribution in [2.24, 2.45) is 11.3 Å². The topological polar surface area (TPSA) is 58.6 Å². The van der Waals surface area contributed by atoms with Gasteiger partial charge in [-0.05, 0) is 49.8 Å². The van der Waals surface area contributed by atoms with E-state index < -0.39 is 5.41 Å². The zero-order valence-corrected chi connectivity index (χ0v) is 14.9. The lowest BCUT2D eigenvalue weighted by molar-refractivity contribution is -0.143. The minimum absolute atomic E-state index is 0.0344. The number of likely N-dealkylation sites (tertiary alicyclic amines) is 1. The van der Waals surface area contributed by atoms with E-state index >= 15 is 0 Å². The van der Waals surface area contributed by atoms with E-state index in [1.807, 2.05) is 4.90 Å². The number of methoxy groups -OCH3 is 1. The van der Waals surface area contributed by atoms with Crippen LogP contribution in [0.1, 0.15) is 32.6 Å². The van der Waals surface area contributed by atoms with Crippen molar-refractivity contribution in [2.75, 3.05) is 25.5 Å². The SMILES string of the molecule is COc1ccc(Cl)cc1NC(=O)C1(C(=O)N2CCC(C)CC2)CC1. The van der Waals surface area contributed by atoms with Crippen LogP contribution in [0.2, 0.25) is 5.02 Å². The van der Waals surface area contributed by atoms with E-state index in [0.29, 0.717) is 35.2 Å². The van der Waals surface area contributed by atoms with E-state index in [9.17, 15) is 9.59 Å². The third kappa shape index (κ3) is 3.22. The Balaban J connectivity index is 1.72. The maximum Gasteiger partial charge on any atom is 0.240 e. The van der Waals surface area contributed by atoms with Crippen LogP contribution in [0.3, 0.4) is 0 Å². The van der Waals surface area contributed by atoms with Gasteiger partial charge in [0.15, 0.2) is 0 Å². The molecule has 130 valence electrons. The molecule has 1 aliphatic carbocycles. The van der Waals surface area contributed by atoms with Crippen LogP contribution in [0.5, 0.6) is 5.75 Å². The first kappa shape index (κ1) is 17.1. The Morgan fingerprint density at radius 2 is 1.96 bits per heavy atom. The molecule has 1 aromatic rings. The number of rotatable bonds is 4. The van der Waals surface area contributed by atoms with Crippen molar-refractivity contribution in [3.05, 3.63) is 23.2 Å². The third-order valence-electron chi connectivity index (χ3n) is 5.07. The zero-order valence-electron chi connectivity index (χ0n) is 14.1. The molecule has 0 aromatic heterocycles. The van der Waals surface area contributed by atoms with Crippen LogP contribution in [0.25, 0.3) is 0 Å². The van der Waals surface area contributed by atoms with Crippen molar-refractivity contribution in [2.45, 2.75) is 32.6 Å². The highest BCUT2D eigenvalue weighted by atomic mass is 35.5. The summed E-state index contributed by atoms with van der Waals surface area (Å²) in [7, 11) is 1.53. The number of carbonyl (C=O) groups is 2. The minimum atomic E-state index is -0.909. The van der Waals surface area contributed by atoms with Crippen LogP contribution >= 0.6 is 11.6 Å². The Morgan fingerprint density at radius 1 is 1.29 bits per heavy atom. The summed E-state index contributed by atoms with van der Waals surface area (Å²) in [5, 5.41) is 3.34. The second kappa shape index (κ2) is 6.63. The van der Waals surface area contributed by atoms with Gasteiger partial charge >= 0.3 is 0 Å². The number of halogens is 1. The van der Waals surface area contributed by atoms with E-state index in [-0.39, 0.29) is 11.8 Å². The predicted octanol–water partition coefficient (Wildman–Crippen LogP) is 3.33. The van der Waals surface area contributed by atoms with Crippen molar-refractivity contribution >= 4 is 29.1 Å². The molecule has 1 N–H and O–H groups in total. The van der Waals surface area contributed by atoms with Crippen LogP contribution in [0.4, 0.5) is 5.69 Å². The number of piperidine rings is 1. The Morgan fingerprint density at radius 3 is 2.54 bits per heavy atom. The fraction of sp³-hybridized carbons (Fsp3) is 0.556. The van der Waals surface area contributed by atoms with E-state index in [2.05, 4.69) is 12.2 Å². The smallest absolute Gasteiger partial charge is 0.240 e. The fourth-order valence-electron chi connectivity index (χ4n) is 3.20. The molecule has 0 radical (unpaired) electrons. The summed E-state index contributed by atoms with van der Waals surface area (Å²) in [6.45, 7) is 3.69. The molecule has 1 saturated heterocycles. The Kier molecular flexibility index (Phi) is 4.72. The quantitative estimate of drug-likeness (QED) is 0.847. The highest BCUT2D eigenvalue weighted by Gasteiger charge is 2.58. The molecule has 3 rings (SSSR count). The molecule has 2 amide bonds. The Bertz CT molecular complexity index is 650. The largest absolute Gasteiger partial charge is 0.495 e. The molecular weight excluding hydrogens is 328 g/mol. The van der Waals surface area contributed by atoms with Crippen LogP contribution in [-0.2, 0) is 9.59 Å². The standard InChI is InChI=1S/C18H23ClN2O3/c1-12-5-9-21(10-6-12)17(23)18(7-8-18)16(22)20-14-11-13(19)3-4-15(14)24-2/h3-4,11-12H,5-10H2,1-2H3,(H,20,22). The molecule has 2 fully saturated rings. The van der Waals surface area contributed by atoms with Crippen molar-refractivity contribution < 1.29 is 14.3 Å². The second-order valence-electron chi connectivity index (χ2n) is 6.86. The van der Waals surface area contributed by atoms with Gasteiger partial charge in [0, 0.05) is 18.1 Å². The maximum absolute atomic E-state index is 12.8. The number of ether oxygens (including phenoxy) is 1. The molecule has 24 heavy (non-hydrogen) atoms. The normalized spacial score (nSPS) is 19.7. The molecule has 0 unspecified atom stereocenters. The van der Waals surface area contributed by atoms with Crippen molar-refractivity contribution in [3.63, 3.8) is 0 Å². The van der Waals surface area contributed by atoms with Gasteiger partial charge < -0.3 is 15.0 Å². The number of amides is 2. The molecule has 2 aliphatic rings. The van der Waals surface area contributed by atoms with E-state index in [4.69, 9.17) is 16.3 Å². The molecule has 0 atom stereocenters. The van der Waals surface area contributed by atoms with Crippen molar-refractivity contribution in [1.82, 2.24) is 4.90 Å². The predicted molar refractivity (Wildman–Crippen MR) is 93.3 cm³/mol. The van der Waals surface area contributed by atoms with E-state index in [1.54, 1.807) is 18.2 Å². The van der Waals surface area contributed by atoms with Gasteiger partial charge in [0.1, 0.15) is 11.2 Å². The molecule has 1 aromatic carbocycles. The van der Waals surface area contributed by atoms with Crippen LogP contribution in [-0.4, -0.2) is 36.9 Å². The van der Waals surface area contributed by atoms with Crippen molar-refractivity contribution in [1.29, 1.82) is 0 Å². The summed E-state index contributed by atoms with van der Waals surface area (Å²) < 4.78 is 5.25. The number of anilines is 1. The lowest BCUT2D eigenvalue weighted by atomic mass is 9.96. The lowest BCUT2D eigenvalue weighted by Gasteiger charge is -2.32. The number of nitrogens with zero attached hydrogens (tertiary/aromatic N) is 1. The number of nitrogens with one attached hydrogen (secondary N) is 1. The van der Waals surface area contributed by atoms with Crippen LogP contribution < -0.4 is 10.1 Å². The Labute approximate surface area is 147 Å². The first-order valence-electron chi connectivity index (χ1n) is 8.40. The molecule has 5 nitrogen and oxygen atoms in total. The first-order chi connectivity index (χ1) is 11.5. The summed E-state index contributed by atoms with van der Waals surface area (Å²) in [6.07, 6.45) is 3.22. The van der Waals surface area contributed by atoms with Crippen molar-refractivity contribution in [3.8, 4) is 5.75 Å². The van der Waals surface area contributed by atoms with Gasteiger partial charge in [0.25, 0.3) is 0 Å². The Hall–Kier alpha value is -1.75. The van der Waals surface area contributed by atoms with E-state index in [1.165, 1.54) is 7.11 Å². The average molecular weight is 351 g/mol. The number of hydrogen-bond donors (Lipinski definition) is 1. The molecule has 1 heterocycles. The highest BCUT2D eigenvalue weighted by Crippen LogP contribution is 2.49. The number of hydrogen-bond acceptors (Lipinski definition) is 3. The summed E-state index contributed by atoms with van der Waals surface area (Å²) in [5.74, 6) is 0.885. The van der Waals surface area contributed by atoms with Gasteiger partial charge in [-0.1, -0.05) is 18.5 Å². The third-order valence-corrected chi connectivity index (χ3v) is 5.31. The summed E-state index contributed by atoms with van der Waals surface area (Å²) in [4.78, 5) is 27.5. The molecule has 6 heteroatoms. The van der Waals surface area contributed by atoms with Gasteiger partial charge in [-0.2, -0.15) is 0 Å². The van der Waals surface area contributed by atoms with Gasteiger partial charge in [-0.15, -0.1) is 0 Å². The zero-order chi connectivity index (χ0) is 17.3. The van der Waals surface area contributed by atoms with Crippen LogP contribution in [0, 0.1) is 11.3 Å². The molecule has 1 aliphatic heterocycles. The van der Waals surface area contributed by atoms with Gasteiger partial charge in [0.05, 0.1) is 12.8 Å². The number of carbonyl (C=O) groups excluding carboxylic acids is 2. The average Bonchev–Trinajstić information content (AvgIpc) is 3.37. The maximum atomic E-state index is 12.8. The van der Waals surface area contributed by atoms with E-state index in [0.717, 1.165) is 25.9 Å². The van der Waals surface area contributed by atoms with Crippen LogP contribution in [0.15, 0.2) is 18.2 Å². The fourth-order valence-corrected chi connectivity index (χ4v) is 3.37. The van der Waals surface area contributed by atoms with Gasteiger partial charge in [-0.3, -0.25) is 9.59 Å². The molecule has 1 saturated carbocycles. The monoisotopic (exact) mass is 350 g/mol. The summed E-state index contributed by atoms with van der Waals surface area (Å²) >= 11 is 6.00. The van der Waals surface area contributed by atoms with Gasteiger partial charge in [-0.25, -0.2) is 0 Å². The van der Waals surface area contributed by atoms with Gasteiger partial charge in [0.2, 0.25) is 11.8 Å². The highest BCUT2D eigenvalue weighted by molar-refractivity contribution is 6.31. The molecule has 0 spiro atoms. The lowest BCUT2D eigenvalue weighted by Crippen LogP contribution is -2.46. The first-order valence-corrected chi connectivity index (χ1v) is 8.78. The summed E-state index contributed by atoms with van der Waals surface area (Å²) in [5.41, 5.74) is -0.408. The number of benzene rings is 1. The second-order valence-corrected chi connectivity index (χ2v) is 7.29.